The number of rotatable bonds is 5. The van der Waals surface area contributed by atoms with Gasteiger partial charge in [-0.25, -0.2) is 22.9 Å². The molecule has 0 fully saturated rings. The maximum Gasteiger partial charge on any atom is 0.323 e. The van der Waals surface area contributed by atoms with E-state index in [9.17, 15) is 13.2 Å². The summed E-state index contributed by atoms with van der Waals surface area (Å²) in [5, 5.41) is 2.79. The van der Waals surface area contributed by atoms with Gasteiger partial charge in [0.2, 0.25) is 10.0 Å². The van der Waals surface area contributed by atoms with Crippen LogP contribution < -0.4 is 10.0 Å². The Kier molecular flexibility index (Phi) is 6.64. The molecule has 2 N–H and O–H groups in total. The topological polar surface area (TPSA) is 91.4 Å². The number of urea groups is 1. The smallest absolute Gasteiger partial charge is 0.323 e. The highest BCUT2D eigenvalue weighted by molar-refractivity contribution is 7.89. The number of carbonyl (C=O) groups excluding carboxylic acids is 1. The molecular formula is C22H23ClN4O3S. The van der Waals surface area contributed by atoms with Gasteiger partial charge in [0, 0.05) is 25.4 Å². The molecule has 1 aliphatic heterocycles. The number of nitrogens with one attached hydrogen (secondary N) is 2. The first kappa shape index (κ1) is 22.7. The fraction of sp³-hybridized carbons (Fsp3) is 0.182. The zero-order chi connectivity index (χ0) is 21.3. The molecule has 4 rings (SSSR count). The van der Waals surface area contributed by atoms with E-state index in [4.69, 9.17) is 0 Å². The van der Waals surface area contributed by atoms with Crippen LogP contribution in [0.2, 0.25) is 0 Å². The van der Waals surface area contributed by atoms with Crippen molar-refractivity contribution < 1.29 is 13.2 Å². The lowest BCUT2D eigenvalue weighted by atomic mass is 9.98. The predicted octanol–water partition coefficient (Wildman–Crippen LogP) is 3.93. The number of aromatic nitrogens is 1. The molecule has 1 aliphatic rings. The number of sulfonamides is 1. The van der Waals surface area contributed by atoms with Crippen LogP contribution in [0.3, 0.4) is 0 Å². The SMILES string of the molecule is Cc1ccc(S(=O)(=O)NCc2cccc(-c3ccnc4c3CN(C)C(=O)N4)c2)cc1.Cl. The first-order chi connectivity index (χ1) is 14.3. The minimum Gasteiger partial charge on any atom is -0.323 e. The van der Waals surface area contributed by atoms with E-state index in [0.29, 0.717) is 12.4 Å². The quantitative estimate of drug-likeness (QED) is 0.605. The molecule has 2 aromatic carbocycles. The van der Waals surface area contributed by atoms with E-state index < -0.39 is 10.0 Å². The lowest BCUT2D eigenvalue weighted by Gasteiger charge is -2.27. The number of anilines is 1. The van der Waals surface area contributed by atoms with Crippen LogP contribution in [-0.4, -0.2) is 31.4 Å². The van der Waals surface area contributed by atoms with E-state index in [0.717, 1.165) is 27.8 Å². The van der Waals surface area contributed by atoms with Crippen LogP contribution in [0.25, 0.3) is 11.1 Å². The maximum atomic E-state index is 12.6. The monoisotopic (exact) mass is 458 g/mol. The molecule has 0 bridgehead atoms. The fourth-order valence-corrected chi connectivity index (χ4v) is 4.38. The van der Waals surface area contributed by atoms with Crippen molar-refractivity contribution in [1.82, 2.24) is 14.6 Å². The van der Waals surface area contributed by atoms with Gasteiger partial charge < -0.3 is 4.90 Å². The zero-order valence-corrected chi connectivity index (χ0v) is 18.8. The normalized spacial score (nSPS) is 13.2. The lowest BCUT2D eigenvalue weighted by Crippen LogP contribution is -2.36. The summed E-state index contributed by atoms with van der Waals surface area (Å²) in [6.07, 6.45) is 1.66. The first-order valence-corrected chi connectivity index (χ1v) is 11.0. The molecule has 2 heterocycles. The summed E-state index contributed by atoms with van der Waals surface area (Å²) >= 11 is 0. The van der Waals surface area contributed by atoms with E-state index in [-0.39, 0.29) is 29.9 Å². The predicted molar refractivity (Wildman–Crippen MR) is 123 cm³/mol. The van der Waals surface area contributed by atoms with E-state index in [1.807, 2.05) is 37.3 Å². The van der Waals surface area contributed by atoms with Crippen molar-refractivity contribution >= 4 is 34.3 Å². The number of benzene rings is 2. The average Bonchev–Trinajstić information content (AvgIpc) is 2.73. The number of aryl methyl sites for hydroxylation is 1. The Morgan fingerprint density at radius 1 is 1.13 bits per heavy atom. The number of hydrogen-bond acceptors (Lipinski definition) is 4. The van der Waals surface area contributed by atoms with Gasteiger partial charge in [0.25, 0.3) is 0 Å². The second-order valence-electron chi connectivity index (χ2n) is 7.31. The third kappa shape index (κ3) is 4.87. The Labute approximate surface area is 188 Å². The van der Waals surface area contributed by atoms with Crippen molar-refractivity contribution in [3.8, 4) is 11.1 Å². The molecule has 7 nitrogen and oxygen atoms in total. The van der Waals surface area contributed by atoms with Crippen LogP contribution in [0.15, 0.2) is 65.7 Å². The number of halogens is 1. The Bertz CT molecular complexity index is 1210. The highest BCUT2D eigenvalue weighted by atomic mass is 35.5. The van der Waals surface area contributed by atoms with Gasteiger partial charge in [0.1, 0.15) is 5.82 Å². The van der Waals surface area contributed by atoms with Gasteiger partial charge >= 0.3 is 6.03 Å². The molecule has 0 aliphatic carbocycles. The molecule has 31 heavy (non-hydrogen) atoms. The van der Waals surface area contributed by atoms with Crippen molar-refractivity contribution in [3.63, 3.8) is 0 Å². The largest absolute Gasteiger partial charge is 0.323 e. The molecule has 9 heteroatoms. The maximum absolute atomic E-state index is 12.6. The molecule has 1 aromatic heterocycles. The van der Waals surface area contributed by atoms with Crippen LogP contribution in [0.5, 0.6) is 0 Å². The standard InChI is InChI=1S/C22H22N4O3S.ClH/c1-15-6-8-18(9-7-15)30(28,29)24-13-16-4-3-5-17(12-16)19-10-11-23-21-20(19)14-26(2)22(27)25-21;/h3-12,24H,13-14H2,1-2H3,(H,23,25,27);1H. The number of pyridine rings is 1. The summed E-state index contributed by atoms with van der Waals surface area (Å²) in [7, 11) is -1.87. The first-order valence-electron chi connectivity index (χ1n) is 9.49. The second-order valence-corrected chi connectivity index (χ2v) is 9.08. The number of carbonyl (C=O) groups is 1. The van der Waals surface area contributed by atoms with Crippen molar-refractivity contribution in [2.75, 3.05) is 12.4 Å². The van der Waals surface area contributed by atoms with Crippen LogP contribution in [-0.2, 0) is 23.1 Å². The van der Waals surface area contributed by atoms with Gasteiger partial charge in [-0.3, -0.25) is 5.32 Å². The van der Waals surface area contributed by atoms with Gasteiger partial charge in [0.15, 0.2) is 0 Å². The fourth-order valence-electron chi connectivity index (χ4n) is 3.36. The van der Waals surface area contributed by atoms with Gasteiger partial charge in [-0.2, -0.15) is 0 Å². The summed E-state index contributed by atoms with van der Waals surface area (Å²) in [4.78, 5) is 18.0. The molecule has 3 aromatic rings. The number of hydrogen-bond donors (Lipinski definition) is 2. The summed E-state index contributed by atoms with van der Waals surface area (Å²) in [6.45, 7) is 2.54. The minimum atomic E-state index is -3.59. The number of amides is 2. The van der Waals surface area contributed by atoms with E-state index in [1.54, 1.807) is 42.4 Å². The molecule has 0 radical (unpaired) electrons. The Balaban J connectivity index is 0.00000272. The highest BCUT2D eigenvalue weighted by Crippen LogP contribution is 2.31. The van der Waals surface area contributed by atoms with Crippen LogP contribution in [0.1, 0.15) is 16.7 Å². The minimum absolute atomic E-state index is 0. The van der Waals surface area contributed by atoms with E-state index in [1.165, 1.54) is 0 Å². The summed E-state index contributed by atoms with van der Waals surface area (Å²) in [5.74, 6) is 0.557. The van der Waals surface area contributed by atoms with E-state index in [2.05, 4.69) is 15.0 Å². The van der Waals surface area contributed by atoms with Crippen molar-refractivity contribution in [2.45, 2.75) is 24.9 Å². The van der Waals surface area contributed by atoms with Crippen LogP contribution >= 0.6 is 12.4 Å². The molecule has 2 amide bonds. The summed E-state index contributed by atoms with van der Waals surface area (Å²) in [6, 6.07) is 16.1. The molecular weight excluding hydrogens is 436 g/mol. The Morgan fingerprint density at radius 3 is 2.61 bits per heavy atom. The van der Waals surface area contributed by atoms with E-state index >= 15 is 0 Å². The number of fused-ring (bicyclic) bond motifs is 1. The summed E-state index contributed by atoms with van der Waals surface area (Å²) in [5.41, 5.74) is 4.66. The highest BCUT2D eigenvalue weighted by Gasteiger charge is 2.23. The van der Waals surface area contributed by atoms with Gasteiger partial charge in [-0.1, -0.05) is 35.9 Å². The second kappa shape index (κ2) is 9.05. The van der Waals surface area contributed by atoms with Gasteiger partial charge in [-0.05, 0) is 47.9 Å². The van der Waals surface area contributed by atoms with Crippen molar-refractivity contribution in [1.29, 1.82) is 0 Å². The van der Waals surface area contributed by atoms with Gasteiger partial charge in [0.05, 0.1) is 11.4 Å². The van der Waals surface area contributed by atoms with Crippen molar-refractivity contribution in [2.24, 2.45) is 0 Å². The average molecular weight is 459 g/mol. The summed E-state index contributed by atoms with van der Waals surface area (Å²) < 4.78 is 27.8. The molecule has 162 valence electrons. The molecule has 0 spiro atoms. The van der Waals surface area contributed by atoms with Crippen LogP contribution in [0, 0.1) is 6.92 Å². The number of nitrogens with zero attached hydrogens (tertiary/aromatic N) is 2. The Hall–Kier alpha value is -2.94. The molecule has 0 saturated carbocycles. The molecule has 0 saturated heterocycles. The molecule has 0 unspecified atom stereocenters. The molecule has 0 atom stereocenters. The lowest BCUT2D eigenvalue weighted by molar-refractivity contribution is 0.218. The Morgan fingerprint density at radius 2 is 1.87 bits per heavy atom. The van der Waals surface area contributed by atoms with Gasteiger partial charge in [-0.15, -0.1) is 12.4 Å². The van der Waals surface area contributed by atoms with Crippen molar-refractivity contribution in [3.05, 3.63) is 77.5 Å². The van der Waals surface area contributed by atoms with Crippen LogP contribution in [0.4, 0.5) is 10.6 Å². The zero-order valence-electron chi connectivity index (χ0n) is 17.1. The third-order valence-corrected chi connectivity index (χ3v) is 6.48. The third-order valence-electron chi connectivity index (χ3n) is 5.06.